The Bertz CT molecular complexity index is 1340. The quantitative estimate of drug-likeness (QED) is 0.455. The number of sulfone groups is 1. The van der Waals surface area contributed by atoms with E-state index in [1.165, 1.54) is 11.9 Å². The number of ether oxygens (including phenoxy) is 1. The second-order valence-electron chi connectivity index (χ2n) is 7.76. The van der Waals surface area contributed by atoms with Crippen molar-refractivity contribution >= 4 is 32.8 Å². The Labute approximate surface area is 186 Å². The molecule has 0 aliphatic carbocycles. The lowest BCUT2D eigenvalue weighted by molar-refractivity contribution is -0.576. The van der Waals surface area contributed by atoms with Gasteiger partial charge < -0.3 is 15.0 Å². The number of rotatable bonds is 5. The minimum Gasteiger partial charge on any atom is -0.378 e. The largest absolute Gasteiger partial charge is 0.378 e. The first-order valence-electron chi connectivity index (χ1n) is 10.4. The summed E-state index contributed by atoms with van der Waals surface area (Å²) < 4.78 is 30.7. The van der Waals surface area contributed by atoms with E-state index >= 15 is 0 Å². The molecule has 0 atom stereocenters. The van der Waals surface area contributed by atoms with Crippen LogP contribution in [0.15, 0.2) is 71.8 Å². The van der Waals surface area contributed by atoms with Crippen molar-refractivity contribution in [2.24, 2.45) is 0 Å². The molecule has 164 valence electrons. The molecule has 2 aromatic carbocycles. The summed E-state index contributed by atoms with van der Waals surface area (Å²) in [5.74, 6) is 0.615. The standard InChI is InChI=1S/C23H23N5O3S/c1-32(29,30)20-10-4-17(5-11-20)21-3-2-12-28-22(21)25-23(26-28)24-18-6-8-19(9-7-18)27-13-15-31-16-14-27/h2-12H,13-16H2,1H3,(H,24,26)/p+1. The fourth-order valence-corrected chi connectivity index (χ4v) is 4.46. The smallest absolute Gasteiger partial charge is 0.358 e. The average molecular weight is 451 g/mol. The number of aromatic nitrogens is 3. The Hall–Kier alpha value is -3.43. The van der Waals surface area contributed by atoms with Gasteiger partial charge in [0, 0.05) is 35.7 Å². The minimum absolute atomic E-state index is 0.297. The van der Waals surface area contributed by atoms with E-state index in [2.05, 4.69) is 27.4 Å². The van der Waals surface area contributed by atoms with E-state index in [4.69, 9.17) is 9.72 Å². The number of benzene rings is 2. The van der Waals surface area contributed by atoms with Crippen LogP contribution in [0.1, 0.15) is 0 Å². The summed E-state index contributed by atoms with van der Waals surface area (Å²) in [4.78, 5) is 7.33. The Morgan fingerprint density at radius 1 is 1.03 bits per heavy atom. The highest BCUT2D eigenvalue weighted by Gasteiger charge is 2.19. The number of fused-ring (bicyclic) bond motifs is 1. The third-order valence-electron chi connectivity index (χ3n) is 5.51. The van der Waals surface area contributed by atoms with E-state index < -0.39 is 9.84 Å². The predicted octanol–water partition coefficient (Wildman–Crippen LogP) is 2.80. The molecule has 1 aliphatic heterocycles. The van der Waals surface area contributed by atoms with Crippen LogP contribution in [0.2, 0.25) is 0 Å². The van der Waals surface area contributed by atoms with Crippen LogP contribution >= 0.6 is 0 Å². The molecule has 0 spiro atoms. The van der Waals surface area contributed by atoms with Crippen molar-refractivity contribution in [1.82, 2.24) is 10.1 Å². The number of aromatic amines is 1. The summed E-state index contributed by atoms with van der Waals surface area (Å²) in [7, 11) is -3.23. The zero-order valence-corrected chi connectivity index (χ0v) is 18.5. The molecular weight excluding hydrogens is 426 g/mol. The van der Waals surface area contributed by atoms with E-state index in [1.807, 2.05) is 35.0 Å². The van der Waals surface area contributed by atoms with Crippen LogP contribution in [0.25, 0.3) is 16.8 Å². The van der Waals surface area contributed by atoms with Gasteiger partial charge in [-0.05, 0) is 54.1 Å². The summed E-state index contributed by atoms with van der Waals surface area (Å²) in [5, 5.41) is 6.56. The van der Waals surface area contributed by atoms with Crippen LogP contribution in [-0.2, 0) is 14.6 Å². The first-order valence-corrected chi connectivity index (χ1v) is 12.3. The Balaban J connectivity index is 1.39. The second-order valence-corrected chi connectivity index (χ2v) is 9.77. The van der Waals surface area contributed by atoms with E-state index in [0.29, 0.717) is 10.8 Å². The molecule has 1 fully saturated rings. The number of hydrogen-bond donors (Lipinski definition) is 2. The van der Waals surface area contributed by atoms with E-state index in [9.17, 15) is 8.42 Å². The van der Waals surface area contributed by atoms with Crippen molar-refractivity contribution in [3.8, 4) is 11.1 Å². The number of H-pyrrole nitrogens is 1. The van der Waals surface area contributed by atoms with Crippen LogP contribution in [-0.4, -0.2) is 51.1 Å². The van der Waals surface area contributed by atoms with Gasteiger partial charge in [-0.25, -0.2) is 8.42 Å². The van der Waals surface area contributed by atoms with Gasteiger partial charge in [0.25, 0.3) is 0 Å². The molecule has 32 heavy (non-hydrogen) atoms. The highest BCUT2D eigenvalue weighted by molar-refractivity contribution is 7.90. The first kappa shape index (κ1) is 20.5. The zero-order valence-electron chi connectivity index (χ0n) is 17.7. The van der Waals surface area contributed by atoms with Crippen molar-refractivity contribution < 1.29 is 17.7 Å². The summed E-state index contributed by atoms with van der Waals surface area (Å²) in [6.45, 7) is 3.33. The van der Waals surface area contributed by atoms with Gasteiger partial charge in [0.05, 0.1) is 23.7 Å². The van der Waals surface area contributed by atoms with Gasteiger partial charge in [-0.1, -0.05) is 12.1 Å². The van der Waals surface area contributed by atoms with E-state index in [1.54, 1.807) is 24.3 Å². The minimum atomic E-state index is -3.23. The van der Waals surface area contributed by atoms with Gasteiger partial charge in [-0.3, -0.25) is 0 Å². The number of pyridine rings is 1. The van der Waals surface area contributed by atoms with Gasteiger partial charge in [-0.15, -0.1) is 4.52 Å². The van der Waals surface area contributed by atoms with Crippen LogP contribution in [0.3, 0.4) is 0 Å². The second kappa shape index (κ2) is 8.25. The molecule has 0 unspecified atom stereocenters. The molecule has 4 aromatic rings. The molecule has 8 nitrogen and oxygen atoms in total. The molecule has 0 radical (unpaired) electrons. The van der Waals surface area contributed by atoms with Crippen LogP contribution in [0.4, 0.5) is 17.3 Å². The lowest BCUT2D eigenvalue weighted by atomic mass is 10.1. The number of morpholine rings is 1. The molecule has 3 heterocycles. The Morgan fingerprint density at radius 2 is 1.75 bits per heavy atom. The van der Waals surface area contributed by atoms with Crippen LogP contribution in [0, 0.1) is 0 Å². The molecule has 2 aromatic heterocycles. The maximum Gasteiger partial charge on any atom is 0.358 e. The molecule has 0 saturated carbocycles. The van der Waals surface area contributed by atoms with Crippen molar-refractivity contribution in [3.63, 3.8) is 0 Å². The summed E-state index contributed by atoms with van der Waals surface area (Å²) >= 11 is 0. The first-order chi connectivity index (χ1) is 15.5. The van der Waals surface area contributed by atoms with Crippen molar-refractivity contribution in [2.75, 3.05) is 42.8 Å². The number of hydrogen-bond acceptors (Lipinski definition) is 6. The monoisotopic (exact) mass is 450 g/mol. The lowest BCUT2D eigenvalue weighted by Crippen LogP contribution is -2.36. The SMILES string of the molecule is CS(=O)(=O)c1ccc(-c2ccc[n+]3[nH]c(Nc4ccc(N5CCOCC5)cc4)nc23)cc1. The summed E-state index contributed by atoms with van der Waals surface area (Å²) in [5.41, 5.74) is 4.65. The van der Waals surface area contributed by atoms with Gasteiger partial charge in [0.1, 0.15) is 6.20 Å². The van der Waals surface area contributed by atoms with Crippen LogP contribution in [0.5, 0.6) is 0 Å². The fraction of sp³-hybridized carbons (Fsp3) is 0.217. The number of nitrogens with one attached hydrogen (secondary N) is 2. The number of anilines is 3. The van der Waals surface area contributed by atoms with Crippen LogP contribution < -0.4 is 14.7 Å². The van der Waals surface area contributed by atoms with E-state index in [0.717, 1.165) is 48.8 Å². The topological polar surface area (TPSA) is 91.4 Å². The molecule has 1 saturated heterocycles. The highest BCUT2D eigenvalue weighted by Crippen LogP contribution is 2.25. The van der Waals surface area contributed by atoms with Crippen molar-refractivity contribution in [2.45, 2.75) is 4.90 Å². The zero-order chi connectivity index (χ0) is 22.1. The van der Waals surface area contributed by atoms with Gasteiger partial charge in [0.15, 0.2) is 9.84 Å². The molecule has 5 rings (SSSR count). The summed E-state index contributed by atoms with van der Waals surface area (Å²) in [6, 6.07) is 19.0. The molecule has 0 amide bonds. The predicted molar refractivity (Wildman–Crippen MR) is 123 cm³/mol. The third kappa shape index (κ3) is 4.17. The van der Waals surface area contributed by atoms with Crippen molar-refractivity contribution in [3.05, 3.63) is 66.9 Å². The van der Waals surface area contributed by atoms with E-state index in [-0.39, 0.29) is 0 Å². The maximum atomic E-state index is 11.7. The molecule has 9 heteroatoms. The molecule has 1 aliphatic rings. The highest BCUT2D eigenvalue weighted by atomic mass is 32.2. The fourth-order valence-electron chi connectivity index (χ4n) is 3.83. The Kier molecular flexibility index (Phi) is 5.28. The van der Waals surface area contributed by atoms with Crippen molar-refractivity contribution in [1.29, 1.82) is 0 Å². The number of nitrogens with zero attached hydrogens (tertiary/aromatic N) is 3. The molecular formula is C23H24N5O3S+. The molecule has 2 N–H and O–H groups in total. The average Bonchev–Trinajstić information content (AvgIpc) is 3.22. The van der Waals surface area contributed by atoms with Gasteiger partial charge >= 0.3 is 11.6 Å². The molecule has 0 bridgehead atoms. The third-order valence-corrected chi connectivity index (χ3v) is 6.64. The van der Waals surface area contributed by atoms with Gasteiger partial charge in [-0.2, -0.15) is 5.10 Å². The normalized spacial score (nSPS) is 14.6. The van der Waals surface area contributed by atoms with Gasteiger partial charge in [0.2, 0.25) is 0 Å². The summed E-state index contributed by atoms with van der Waals surface area (Å²) in [6.07, 6.45) is 3.10. The Morgan fingerprint density at radius 3 is 2.44 bits per heavy atom. The maximum absolute atomic E-state index is 11.7. The lowest BCUT2D eigenvalue weighted by Gasteiger charge is -2.28.